The van der Waals surface area contributed by atoms with E-state index in [1.807, 2.05) is 24.3 Å². The molecule has 1 heterocycles. The highest BCUT2D eigenvalue weighted by atomic mass is 16.5. The maximum Gasteiger partial charge on any atom is 0.212 e. The van der Waals surface area contributed by atoms with Gasteiger partial charge in [0.1, 0.15) is 5.75 Å². The summed E-state index contributed by atoms with van der Waals surface area (Å²) in [5, 5.41) is 3.36. The Bertz CT molecular complexity index is 629. The van der Waals surface area contributed by atoms with Crippen LogP contribution in [0.1, 0.15) is 11.1 Å². The molecule has 0 saturated carbocycles. The molecular weight excluding hydrogens is 296 g/mol. The summed E-state index contributed by atoms with van der Waals surface area (Å²) in [5.41, 5.74) is 2.07. The van der Waals surface area contributed by atoms with Gasteiger partial charge in [-0.2, -0.15) is 0 Å². The Kier molecular flexibility index (Phi) is 6.05. The number of methoxy groups -OCH3 is 4. The lowest BCUT2D eigenvalue weighted by atomic mass is 10.1. The van der Waals surface area contributed by atoms with Gasteiger partial charge in [-0.05, 0) is 11.6 Å². The van der Waals surface area contributed by atoms with Gasteiger partial charge < -0.3 is 24.3 Å². The number of nitrogens with one attached hydrogen (secondary N) is 1. The molecule has 0 radical (unpaired) electrons. The second kappa shape index (κ2) is 8.24. The Labute approximate surface area is 136 Å². The van der Waals surface area contributed by atoms with Crippen LogP contribution in [0.15, 0.2) is 30.5 Å². The summed E-state index contributed by atoms with van der Waals surface area (Å²) in [6.45, 7) is 1.32. The van der Waals surface area contributed by atoms with Crippen molar-refractivity contribution in [3.8, 4) is 23.1 Å². The Hall–Kier alpha value is -2.47. The predicted octanol–water partition coefficient (Wildman–Crippen LogP) is 2.41. The van der Waals surface area contributed by atoms with Gasteiger partial charge in [0, 0.05) is 37.0 Å². The molecule has 124 valence electrons. The average molecular weight is 318 g/mol. The zero-order chi connectivity index (χ0) is 16.7. The van der Waals surface area contributed by atoms with Crippen LogP contribution in [0.2, 0.25) is 0 Å². The minimum Gasteiger partial charge on any atom is -0.496 e. The van der Waals surface area contributed by atoms with Crippen molar-refractivity contribution in [2.45, 2.75) is 13.1 Å². The van der Waals surface area contributed by atoms with Gasteiger partial charge in [0.05, 0.1) is 28.4 Å². The Morgan fingerprint density at radius 2 is 1.52 bits per heavy atom. The average Bonchev–Trinajstić information content (AvgIpc) is 2.61. The van der Waals surface area contributed by atoms with Crippen LogP contribution in [0.4, 0.5) is 0 Å². The van der Waals surface area contributed by atoms with E-state index in [-0.39, 0.29) is 0 Å². The van der Waals surface area contributed by atoms with Crippen molar-refractivity contribution in [2.75, 3.05) is 28.4 Å². The van der Waals surface area contributed by atoms with Crippen molar-refractivity contribution in [1.29, 1.82) is 0 Å². The van der Waals surface area contributed by atoms with E-state index in [9.17, 15) is 0 Å². The molecule has 0 amide bonds. The lowest BCUT2D eigenvalue weighted by Crippen LogP contribution is -2.14. The van der Waals surface area contributed by atoms with Crippen LogP contribution in [-0.2, 0) is 13.1 Å². The topological polar surface area (TPSA) is 61.8 Å². The first kappa shape index (κ1) is 16.9. The van der Waals surface area contributed by atoms with E-state index in [1.165, 1.54) is 0 Å². The van der Waals surface area contributed by atoms with Gasteiger partial charge in [-0.3, -0.25) is 0 Å². The van der Waals surface area contributed by atoms with Gasteiger partial charge in [0.25, 0.3) is 0 Å². The van der Waals surface area contributed by atoms with E-state index in [0.717, 1.165) is 16.9 Å². The van der Waals surface area contributed by atoms with Crippen LogP contribution in [0, 0.1) is 0 Å². The van der Waals surface area contributed by atoms with Gasteiger partial charge in [0.2, 0.25) is 5.88 Å². The molecular formula is C17H22N2O4. The quantitative estimate of drug-likeness (QED) is 0.806. The monoisotopic (exact) mass is 318 g/mol. The molecule has 0 atom stereocenters. The van der Waals surface area contributed by atoms with Crippen molar-refractivity contribution in [3.05, 3.63) is 41.6 Å². The number of rotatable bonds is 8. The highest BCUT2D eigenvalue weighted by Gasteiger charge is 2.11. The molecule has 0 unspecified atom stereocenters. The number of hydrogen-bond donors (Lipinski definition) is 1. The molecule has 6 nitrogen and oxygen atoms in total. The Morgan fingerprint density at radius 3 is 2.09 bits per heavy atom. The second-order valence-electron chi connectivity index (χ2n) is 4.83. The van der Waals surface area contributed by atoms with Crippen LogP contribution in [0.5, 0.6) is 23.1 Å². The van der Waals surface area contributed by atoms with E-state index in [0.29, 0.717) is 30.5 Å². The molecule has 1 N–H and O–H groups in total. The maximum absolute atomic E-state index is 5.42. The molecule has 0 aliphatic heterocycles. The van der Waals surface area contributed by atoms with Crippen molar-refractivity contribution in [3.63, 3.8) is 0 Å². The molecule has 0 saturated heterocycles. The zero-order valence-corrected chi connectivity index (χ0v) is 13.9. The summed E-state index contributed by atoms with van der Waals surface area (Å²) >= 11 is 0. The summed E-state index contributed by atoms with van der Waals surface area (Å²) in [4.78, 5) is 4.18. The number of nitrogens with zero attached hydrogens (tertiary/aromatic N) is 1. The van der Waals surface area contributed by atoms with Crippen LogP contribution in [0.25, 0.3) is 0 Å². The van der Waals surface area contributed by atoms with Gasteiger partial charge in [0.15, 0.2) is 11.5 Å². The first-order valence-corrected chi connectivity index (χ1v) is 7.20. The van der Waals surface area contributed by atoms with Crippen LogP contribution >= 0.6 is 0 Å². The molecule has 2 rings (SSSR count). The van der Waals surface area contributed by atoms with E-state index < -0.39 is 0 Å². The van der Waals surface area contributed by atoms with Crippen LogP contribution in [-0.4, -0.2) is 33.4 Å². The first-order valence-electron chi connectivity index (χ1n) is 7.20. The van der Waals surface area contributed by atoms with Gasteiger partial charge in [-0.1, -0.05) is 6.07 Å². The predicted molar refractivity (Wildman–Crippen MR) is 87.4 cm³/mol. The minimum absolute atomic E-state index is 0.607. The van der Waals surface area contributed by atoms with Crippen LogP contribution in [0.3, 0.4) is 0 Å². The highest BCUT2D eigenvalue weighted by molar-refractivity contribution is 5.50. The minimum atomic E-state index is 0.607. The van der Waals surface area contributed by atoms with Crippen molar-refractivity contribution >= 4 is 0 Å². The SMILES string of the molecule is COc1ccc(CNCc2cc(OC)c(OC)cc2OC)cn1. The largest absolute Gasteiger partial charge is 0.496 e. The third-order valence-electron chi connectivity index (χ3n) is 3.44. The van der Waals surface area contributed by atoms with E-state index in [4.69, 9.17) is 18.9 Å². The summed E-state index contributed by atoms with van der Waals surface area (Å²) < 4.78 is 21.1. The number of benzene rings is 1. The van der Waals surface area contributed by atoms with Gasteiger partial charge in [-0.15, -0.1) is 0 Å². The van der Waals surface area contributed by atoms with Crippen molar-refractivity contribution in [2.24, 2.45) is 0 Å². The lowest BCUT2D eigenvalue weighted by molar-refractivity contribution is 0.347. The van der Waals surface area contributed by atoms with Crippen molar-refractivity contribution in [1.82, 2.24) is 10.3 Å². The number of aromatic nitrogens is 1. The molecule has 1 aromatic heterocycles. The molecule has 6 heteroatoms. The van der Waals surface area contributed by atoms with E-state index in [2.05, 4.69) is 10.3 Å². The van der Waals surface area contributed by atoms with Gasteiger partial charge >= 0.3 is 0 Å². The molecule has 2 aromatic rings. The van der Waals surface area contributed by atoms with Gasteiger partial charge in [-0.25, -0.2) is 4.98 Å². The fraction of sp³-hybridized carbons (Fsp3) is 0.353. The molecule has 0 fully saturated rings. The fourth-order valence-electron chi connectivity index (χ4n) is 2.21. The zero-order valence-electron chi connectivity index (χ0n) is 13.9. The normalized spacial score (nSPS) is 10.3. The third-order valence-corrected chi connectivity index (χ3v) is 3.44. The highest BCUT2D eigenvalue weighted by Crippen LogP contribution is 2.34. The first-order chi connectivity index (χ1) is 11.2. The fourth-order valence-corrected chi connectivity index (χ4v) is 2.21. The van der Waals surface area contributed by atoms with E-state index in [1.54, 1.807) is 34.6 Å². The molecule has 0 bridgehead atoms. The summed E-state index contributed by atoms with van der Waals surface area (Å²) in [6, 6.07) is 7.56. The summed E-state index contributed by atoms with van der Waals surface area (Å²) in [5.74, 6) is 2.68. The third kappa shape index (κ3) is 4.26. The molecule has 0 aliphatic rings. The Morgan fingerprint density at radius 1 is 0.826 bits per heavy atom. The summed E-state index contributed by atoms with van der Waals surface area (Å²) in [7, 11) is 6.46. The molecule has 0 spiro atoms. The number of ether oxygens (including phenoxy) is 4. The standard InChI is InChI=1S/C17H22N2O4/c1-20-14-8-16(22-3)15(21-2)7-13(14)11-18-9-12-5-6-17(23-4)19-10-12/h5-8,10,18H,9,11H2,1-4H3. The maximum atomic E-state index is 5.42. The molecule has 23 heavy (non-hydrogen) atoms. The van der Waals surface area contributed by atoms with E-state index >= 15 is 0 Å². The Balaban J connectivity index is 2.03. The molecule has 1 aromatic carbocycles. The number of hydrogen-bond acceptors (Lipinski definition) is 6. The van der Waals surface area contributed by atoms with Crippen molar-refractivity contribution < 1.29 is 18.9 Å². The second-order valence-corrected chi connectivity index (χ2v) is 4.83. The smallest absolute Gasteiger partial charge is 0.212 e. The molecule has 0 aliphatic carbocycles. The summed E-state index contributed by atoms with van der Waals surface area (Å²) in [6.07, 6.45) is 1.79. The lowest BCUT2D eigenvalue weighted by Gasteiger charge is -2.14. The van der Waals surface area contributed by atoms with Crippen LogP contribution < -0.4 is 24.3 Å². The number of pyridine rings is 1.